The third-order valence-corrected chi connectivity index (χ3v) is 7.94. The Morgan fingerprint density at radius 3 is 2.55 bits per heavy atom. The van der Waals surface area contributed by atoms with Crippen molar-refractivity contribution in [2.24, 2.45) is 5.73 Å². The topological polar surface area (TPSA) is 125 Å². The van der Waals surface area contributed by atoms with Crippen molar-refractivity contribution < 1.29 is 18.0 Å². The van der Waals surface area contributed by atoms with Gasteiger partial charge in [0.25, 0.3) is 5.91 Å². The molecule has 33 heavy (non-hydrogen) atoms. The Hall–Kier alpha value is -1.89. The average Bonchev–Trinajstić information content (AvgIpc) is 2.78. The summed E-state index contributed by atoms with van der Waals surface area (Å²) in [5.41, 5.74) is 5.97. The maximum atomic E-state index is 13.5. The SMILES string of the molecule is NCCNC(=O)C1N(C(=O)Nc2cccc(Br)c2)CCCN1S(=O)(=O)c1ccc(Cl)c(Cl)c1. The van der Waals surface area contributed by atoms with Crippen molar-refractivity contribution in [3.8, 4) is 0 Å². The minimum absolute atomic E-state index is 0.0317. The number of nitrogens with zero attached hydrogens (tertiary/aromatic N) is 2. The first kappa shape index (κ1) is 25.7. The highest BCUT2D eigenvalue weighted by Gasteiger charge is 2.44. The molecule has 0 spiro atoms. The van der Waals surface area contributed by atoms with Gasteiger partial charge < -0.3 is 16.4 Å². The number of halogens is 3. The van der Waals surface area contributed by atoms with Crippen LogP contribution < -0.4 is 16.4 Å². The van der Waals surface area contributed by atoms with Crippen LogP contribution in [0.3, 0.4) is 0 Å². The lowest BCUT2D eigenvalue weighted by molar-refractivity contribution is -0.130. The number of amides is 3. The lowest BCUT2D eigenvalue weighted by Crippen LogP contribution is -2.64. The molecule has 1 fully saturated rings. The molecule has 13 heteroatoms. The summed E-state index contributed by atoms with van der Waals surface area (Å²) in [4.78, 5) is 27.2. The van der Waals surface area contributed by atoms with Crippen LogP contribution in [0.4, 0.5) is 10.5 Å². The van der Waals surface area contributed by atoms with Gasteiger partial charge in [-0.15, -0.1) is 0 Å². The van der Waals surface area contributed by atoms with E-state index in [0.717, 1.165) is 8.78 Å². The molecule has 2 aromatic carbocycles. The molecule has 1 aliphatic rings. The van der Waals surface area contributed by atoms with Gasteiger partial charge in [-0.25, -0.2) is 13.2 Å². The maximum Gasteiger partial charge on any atom is 0.323 e. The fourth-order valence-electron chi connectivity index (χ4n) is 3.35. The Morgan fingerprint density at radius 2 is 1.88 bits per heavy atom. The van der Waals surface area contributed by atoms with Crippen molar-refractivity contribution in [2.45, 2.75) is 17.5 Å². The molecule has 178 valence electrons. The number of nitrogens with two attached hydrogens (primary N) is 1. The van der Waals surface area contributed by atoms with Crippen LogP contribution in [0.5, 0.6) is 0 Å². The van der Waals surface area contributed by atoms with E-state index in [9.17, 15) is 18.0 Å². The first-order valence-corrected chi connectivity index (χ1v) is 12.9. The Kier molecular flexibility index (Phi) is 8.59. The van der Waals surface area contributed by atoms with Crippen LogP contribution in [0, 0.1) is 0 Å². The van der Waals surface area contributed by atoms with Gasteiger partial charge in [0.15, 0.2) is 6.17 Å². The minimum Gasteiger partial charge on any atom is -0.352 e. The van der Waals surface area contributed by atoms with Crippen molar-refractivity contribution in [3.05, 3.63) is 57.0 Å². The summed E-state index contributed by atoms with van der Waals surface area (Å²) in [6.45, 7) is 0.483. The summed E-state index contributed by atoms with van der Waals surface area (Å²) in [5.74, 6) is -0.659. The summed E-state index contributed by atoms with van der Waals surface area (Å²) in [7, 11) is -4.20. The van der Waals surface area contributed by atoms with Gasteiger partial charge in [-0.3, -0.25) is 9.69 Å². The van der Waals surface area contributed by atoms with E-state index >= 15 is 0 Å². The van der Waals surface area contributed by atoms with E-state index in [1.54, 1.807) is 24.3 Å². The predicted octanol–water partition coefficient (Wildman–Crippen LogP) is 3.09. The summed E-state index contributed by atoms with van der Waals surface area (Å²) in [5, 5.41) is 5.56. The first-order chi connectivity index (χ1) is 15.6. The highest BCUT2D eigenvalue weighted by Crippen LogP contribution is 2.30. The fourth-order valence-corrected chi connectivity index (χ4v) is 5.74. The van der Waals surface area contributed by atoms with Crippen LogP contribution in [0.15, 0.2) is 51.8 Å². The molecule has 3 amide bonds. The first-order valence-electron chi connectivity index (χ1n) is 9.93. The molecule has 1 atom stereocenters. The molecule has 1 aliphatic heterocycles. The number of anilines is 1. The van der Waals surface area contributed by atoms with Crippen molar-refractivity contribution in [1.29, 1.82) is 0 Å². The zero-order valence-electron chi connectivity index (χ0n) is 17.3. The molecule has 3 rings (SSSR count). The van der Waals surface area contributed by atoms with Gasteiger partial charge in [0.1, 0.15) is 0 Å². The Bertz CT molecular complexity index is 1150. The highest BCUT2D eigenvalue weighted by atomic mass is 79.9. The van der Waals surface area contributed by atoms with Crippen LogP contribution in [0.25, 0.3) is 0 Å². The quantitative estimate of drug-likeness (QED) is 0.486. The summed E-state index contributed by atoms with van der Waals surface area (Å²) in [6, 6.07) is 10.2. The molecule has 1 saturated heterocycles. The van der Waals surface area contributed by atoms with Gasteiger partial charge in [0, 0.05) is 36.3 Å². The van der Waals surface area contributed by atoms with E-state index in [0.29, 0.717) is 12.1 Å². The molecule has 2 aromatic rings. The molecule has 1 unspecified atom stereocenters. The molecule has 0 aromatic heterocycles. The number of carbonyl (C=O) groups excluding carboxylic acids is 2. The summed E-state index contributed by atoms with van der Waals surface area (Å²) >= 11 is 15.3. The fraction of sp³-hybridized carbons (Fsp3) is 0.300. The second-order valence-electron chi connectivity index (χ2n) is 7.13. The highest BCUT2D eigenvalue weighted by molar-refractivity contribution is 9.10. The zero-order valence-corrected chi connectivity index (χ0v) is 21.2. The van der Waals surface area contributed by atoms with Crippen LogP contribution in [0.2, 0.25) is 10.0 Å². The number of carbonyl (C=O) groups is 2. The largest absolute Gasteiger partial charge is 0.352 e. The molecule has 0 radical (unpaired) electrons. The lowest BCUT2D eigenvalue weighted by atomic mass is 10.2. The van der Waals surface area contributed by atoms with E-state index < -0.39 is 28.1 Å². The van der Waals surface area contributed by atoms with E-state index in [-0.39, 0.29) is 41.1 Å². The molecule has 0 bridgehead atoms. The lowest BCUT2D eigenvalue weighted by Gasteiger charge is -2.41. The number of rotatable bonds is 6. The van der Waals surface area contributed by atoms with Crippen molar-refractivity contribution in [1.82, 2.24) is 14.5 Å². The van der Waals surface area contributed by atoms with E-state index in [2.05, 4.69) is 26.6 Å². The molecule has 0 aliphatic carbocycles. The smallest absolute Gasteiger partial charge is 0.323 e. The third-order valence-electron chi connectivity index (χ3n) is 4.86. The zero-order chi connectivity index (χ0) is 24.2. The molecular formula is C20H22BrCl2N5O4S. The van der Waals surface area contributed by atoms with Gasteiger partial charge in [-0.1, -0.05) is 45.2 Å². The van der Waals surface area contributed by atoms with Gasteiger partial charge in [0.2, 0.25) is 10.0 Å². The minimum atomic E-state index is -4.20. The van der Waals surface area contributed by atoms with Crippen molar-refractivity contribution >= 4 is 66.8 Å². The second-order valence-corrected chi connectivity index (χ2v) is 10.8. The summed E-state index contributed by atoms with van der Waals surface area (Å²) < 4.78 is 28.7. The number of nitrogens with one attached hydrogen (secondary N) is 2. The Morgan fingerprint density at radius 1 is 1.12 bits per heavy atom. The predicted molar refractivity (Wildman–Crippen MR) is 131 cm³/mol. The van der Waals surface area contributed by atoms with Gasteiger partial charge >= 0.3 is 6.03 Å². The number of hydrogen-bond donors (Lipinski definition) is 3. The van der Waals surface area contributed by atoms with Gasteiger partial charge in [-0.2, -0.15) is 4.31 Å². The molecule has 9 nitrogen and oxygen atoms in total. The molecular weight excluding hydrogens is 557 g/mol. The number of benzene rings is 2. The van der Waals surface area contributed by atoms with Crippen LogP contribution in [0.1, 0.15) is 6.42 Å². The number of hydrogen-bond acceptors (Lipinski definition) is 5. The van der Waals surface area contributed by atoms with Crippen LogP contribution >= 0.6 is 39.1 Å². The summed E-state index contributed by atoms with van der Waals surface area (Å²) in [6.07, 6.45) is -1.09. The number of urea groups is 1. The van der Waals surface area contributed by atoms with Gasteiger partial charge in [-0.05, 0) is 42.8 Å². The monoisotopic (exact) mass is 577 g/mol. The van der Waals surface area contributed by atoms with Crippen molar-refractivity contribution in [2.75, 3.05) is 31.5 Å². The Labute approximate surface area is 210 Å². The van der Waals surface area contributed by atoms with E-state index in [4.69, 9.17) is 28.9 Å². The molecule has 4 N–H and O–H groups in total. The van der Waals surface area contributed by atoms with Gasteiger partial charge in [0.05, 0.1) is 14.9 Å². The molecule has 1 heterocycles. The average molecular weight is 579 g/mol. The van der Waals surface area contributed by atoms with Crippen LogP contribution in [-0.2, 0) is 14.8 Å². The normalized spacial score (nSPS) is 17.0. The van der Waals surface area contributed by atoms with Crippen molar-refractivity contribution in [3.63, 3.8) is 0 Å². The Balaban J connectivity index is 1.97. The third kappa shape index (κ3) is 5.97. The van der Waals surface area contributed by atoms with E-state index in [1.165, 1.54) is 23.1 Å². The van der Waals surface area contributed by atoms with E-state index in [1.807, 2.05) is 0 Å². The maximum absolute atomic E-state index is 13.5. The second kappa shape index (κ2) is 11.0. The number of sulfonamides is 1. The molecule has 0 saturated carbocycles. The standard InChI is InChI=1S/C20H22BrCl2N5O4S/c21-13-3-1-4-14(11-13)26-20(30)27-9-2-10-28(19(27)18(29)25-8-7-24)33(31,32)15-5-6-16(22)17(23)12-15/h1,3-6,11-12,19H,2,7-10,24H2,(H,25,29)(H,26,30). The van der Waals surface area contributed by atoms with Crippen LogP contribution in [-0.4, -0.2) is 61.9 Å².